The first-order valence-corrected chi connectivity index (χ1v) is 7.76. The molecule has 1 aliphatic heterocycles. The van der Waals surface area contributed by atoms with Crippen LogP contribution in [0.5, 0.6) is 11.5 Å². The number of ether oxygens (including phenoxy) is 2. The largest absolute Gasteiger partial charge is 0.454 e. The molecular formula is C12H15NO4S. The van der Waals surface area contributed by atoms with E-state index in [1.165, 1.54) is 6.26 Å². The number of fused-ring (bicyclic) bond motifs is 1. The molecular weight excluding hydrogens is 254 g/mol. The van der Waals surface area contributed by atoms with Crippen molar-refractivity contribution < 1.29 is 17.9 Å². The lowest BCUT2D eigenvalue weighted by Gasteiger charge is -2.02. The van der Waals surface area contributed by atoms with Crippen molar-refractivity contribution in [2.45, 2.75) is 11.2 Å². The van der Waals surface area contributed by atoms with Gasteiger partial charge < -0.3 is 15.2 Å². The molecule has 6 heteroatoms. The second kappa shape index (κ2) is 3.86. The van der Waals surface area contributed by atoms with Crippen LogP contribution in [0.15, 0.2) is 18.2 Å². The molecule has 1 aromatic carbocycles. The average molecular weight is 269 g/mol. The Morgan fingerprint density at radius 3 is 2.67 bits per heavy atom. The summed E-state index contributed by atoms with van der Waals surface area (Å²) in [7, 11) is -3.05. The van der Waals surface area contributed by atoms with Gasteiger partial charge in [-0.15, -0.1) is 0 Å². The summed E-state index contributed by atoms with van der Waals surface area (Å²) in [5, 5.41) is -0.358. The van der Waals surface area contributed by atoms with E-state index in [1.807, 2.05) is 18.2 Å². The minimum atomic E-state index is -3.05. The molecule has 1 fully saturated rings. The standard InChI is InChI=1S/C12H15NO4S/c1-18(14,15)12-8(5-13)11(12)7-2-3-9-10(4-7)17-6-16-9/h2-4,8,11-12H,5-6,13H2,1H3/t8-,11-,12-/m1/s1. The van der Waals surface area contributed by atoms with Gasteiger partial charge in [-0.25, -0.2) is 8.42 Å². The zero-order valence-electron chi connectivity index (χ0n) is 10.00. The molecule has 5 nitrogen and oxygen atoms in total. The minimum Gasteiger partial charge on any atom is -0.454 e. The maximum atomic E-state index is 11.7. The Labute approximate surface area is 106 Å². The Bertz CT molecular complexity index is 584. The van der Waals surface area contributed by atoms with E-state index in [9.17, 15) is 8.42 Å². The van der Waals surface area contributed by atoms with Crippen LogP contribution in [0.25, 0.3) is 0 Å². The molecule has 1 saturated carbocycles. The number of sulfone groups is 1. The van der Waals surface area contributed by atoms with Crippen LogP contribution in [0.4, 0.5) is 0 Å². The number of rotatable bonds is 3. The van der Waals surface area contributed by atoms with E-state index in [2.05, 4.69) is 0 Å². The topological polar surface area (TPSA) is 78.6 Å². The first kappa shape index (κ1) is 11.8. The Kier molecular flexibility index (Phi) is 2.53. The molecule has 0 amide bonds. The second-order valence-corrected chi connectivity index (χ2v) is 7.04. The van der Waals surface area contributed by atoms with Crippen LogP contribution >= 0.6 is 0 Å². The Hall–Kier alpha value is -1.27. The summed E-state index contributed by atoms with van der Waals surface area (Å²) in [4.78, 5) is 0. The second-order valence-electron chi connectivity index (χ2n) is 4.83. The van der Waals surface area contributed by atoms with Crippen LogP contribution < -0.4 is 15.2 Å². The van der Waals surface area contributed by atoms with Gasteiger partial charge in [0.15, 0.2) is 21.3 Å². The zero-order valence-corrected chi connectivity index (χ0v) is 10.8. The van der Waals surface area contributed by atoms with Crippen LogP contribution in [0.3, 0.4) is 0 Å². The van der Waals surface area contributed by atoms with Crippen molar-refractivity contribution in [3.05, 3.63) is 23.8 Å². The number of hydrogen-bond acceptors (Lipinski definition) is 5. The number of hydrogen-bond donors (Lipinski definition) is 1. The lowest BCUT2D eigenvalue weighted by molar-refractivity contribution is 0.174. The molecule has 3 rings (SSSR count). The predicted octanol–water partition coefficient (Wildman–Crippen LogP) is 0.501. The van der Waals surface area contributed by atoms with E-state index < -0.39 is 9.84 Å². The van der Waals surface area contributed by atoms with Gasteiger partial charge in [0.2, 0.25) is 6.79 Å². The van der Waals surface area contributed by atoms with Gasteiger partial charge in [-0.05, 0) is 30.2 Å². The molecule has 0 aromatic heterocycles. The van der Waals surface area contributed by atoms with Crippen molar-refractivity contribution in [1.29, 1.82) is 0 Å². The lowest BCUT2D eigenvalue weighted by Crippen LogP contribution is -2.11. The fourth-order valence-corrected chi connectivity index (χ4v) is 4.48. The summed E-state index contributed by atoms with van der Waals surface area (Å²) in [5.74, 6) is 1.39. The van der Waals surface area contributed by atoms with Crippen LogP contribution in [-0.2, 0) is 9.84 Å². The van der Waals surface area contributed by atoms with E-state index in [4.69, 9.17) is 15.2 Å². The van der Waals surface area contributed by atoms with Gasteiger partial charge in [-0.2, -0.15) is 0 Å². The Morgan fingerprint density at radius 1 is 1.33 bits per heavy atom. The van der Waals surface area contributed by atoms with Gasteiger partial charge in [0, 0.05) is 12.2 Å². The average Bonchev–Trinajstić information content (AvgIpc) is 2.90. The molecule has 2 aliphatic rings. The molecule has 0 radical (unpaired) electrons. The third-order valence-electron chi connectivity index (χ3n) is 3.64. The summed E-state index contributed by atoms with van der Waals surface area (Å²) in [6.07, 6.45) is 1.27. The molecule has 0 bridgehead atoms. The number of benzene rings is 1. The van der Waals surface area contributed by atoms with Gasteiger partial charge in [0.05, 0.1) is 5.25 Å². The molecule has 1 aromatic rings. The van der Waals surface area contributed by atoms with Gasteiger partial charge >= 0.3 is 0 Å². The van der Waals surface area contributed by atoms with E-state index in [0.717, 1.165) is 5.56 Å². The molecule has 2 N–H and O–H groups in total. The molecule has 1 aliphatic carbocycles. The highest BCUT2D eigenvalue weighted by Gasteiger charge is 2.56. The van der Waals surface area contributed by atoms with Gasteiger partial charge in [-0.3, -0.25) is 0 Å². The van der Waals surface area contributed by atoms with E-state index >= 15 is 0 Å². The summed E-state index contributed by atoms with van der Waals surface area (Å²) in [6.45, 7) is 0.607. The first-order valence-electron chi connectivity index (χ1n) is 5.81. The van der Waals surface area contributed by atoms with Crippen molar-refractivity contribution in [3.8, 4) is 11.5 Å². The SMILES string of the molecule is CS(=O)(=O)[C@@H]1[C@H](CN)[C@H]1c1ccc2c(c1)OCO2. The maximum Gasteiger partial charge on any atom is 0.231 e. The maximum absolute atomic E-state index is 11.7. The normalized spacial score (nSPS) is 29.3. The smallest absolute Gasteiger partial charge is 0.231 e. The van der Waals surface area contributed by atoms with Crippen molar-refractivity contribution in [2.24, 2.45) is 11.7 Å². The third-order valence-corrected chi connectivity index (χ3v) is 5.28. The van der Waals surface area contributed by atoms with Gasteiger partial charge in [0.1, 0.15) is 0 Å². The number of nitrogens with two attached hydrogens (primary N) is 1. The molecule has 1 heterocycles. The Balaban J connectivity index is 1.92. The lowest BCUT2D eigenvalue weighted by atomic mass is 10.1. The van der Waals surface area contributed by atoms with Gasteiger partial charge in [-0.1, -0.05) is 6.07 Å². The van der Waals surface area contributed by atoms with E-state index in [0.29, 0.717) is 18.0 Å². The molecule has 0 unspecified atom stereocenters. The molecule has 0 spiro atoms. The fraction of sp³-hybridized carbons (Fsp3) is 0.500. The van der Waals surface area contributed by atoms with E-state index in [1.54, 1.807) is 0 Å². The first-order chi connectivity index (χ1) is 8.52. The van der Waals surface area contributed by atoms with Gasteiger partial charge in [0.25, 0.3) is 0 Å². The fourth-order valence-electron chi connectivity index (χ4n) is 2.76. The monoisotopic (exact) mass is 269 g/mol. The van der Waals surface area contributed by atoms with Crippen LogP contribution in [0, 0.1) is 5.92 Å². The summed E-state index contributed by atoms with van der Waals surface area (Å²) < 4.78 is 33.9. The quantitative estimate of drug-likeness (QED) is 0.864. The zero-order chi connectivity index (χ0) is 12.9. The summed E-state index contributed by atoms with van der Waals surface area (Å²) in [6, 6.07) is 5.58. The Morgan fingerprint density at radius 2 is 2.06 bits per heavy atom. The van der Waals surface area contributed by atoms with Crippen molar-refractivity contribution in [2.75, 3.05) is 19.6 Å². The van der Waals surface area contributed by atoms with Crippen molar-refractivity contribution in [3.63, 3.8) is 0 Å². The highest BCUT2D eigenvalue weighted by Crippen LogP contribution is 2.52. The molecule has 0 saturated heterocycles. The molecule has 3 atom stereocenters. The predicted molar refractivity (Wildman–Crippen MR) is 66.5 cm³/mol. The van der Waals surface area contributed by atoms with Crippen molar-refractivity contribution in [1.82, 2.24) is 0 Å². The molecule has 98 valence electrons. The van der Waals surface area contributed by atoms with Crippen LogP contribution in [-0.4, -0.2) is 33.3 Å². The summed E-state index contributed by atoms with van der Waals surface area (Å²) in [5.41, 5.74) is 6.60. The highest BCUT2D eigenvalue weighted by atomic mass is 32.2. The third kappa shape index (κ3) is 1.76. The molecule has 18 heavy (non-hydrogen) atoms. The summed E-state index contributed by atoms with van der Waals surface area (Å²) >= 11 is 0. The van der Waals surface area contributed by atoms with Crippen LogP contribution in [0.1, 0.15) is 11.5 Å². The van der Waals surface area contributed by atoms with Crippen LogP contribution in [0.2, 0.25) is 0 Å². The minimum absolute atomic E-state index is 0.0142. The van der Waals surface area contributed by atoms with Crippen molar-refractivity contribution >= 4 is 9.84 Å². The highest BCUT2D eigenvalue weighted by molar-refractivity contribution is 7.91. The van der Waals surface area contributed by atoms with E-state index in [-0.39, 0.29) is 23.9 Å².